The van der Waals surface area contributed by atoms with Gasteiger partial charge in [0.05, 0.1) is 7.11 Å². The lowest BCUT2D eigenvalue weighted by atomic mass is 9.99. The lowest BCUT2D eigenvalue weighted by Gasteiger charge is -2.08. The van der Waals surface area contributed by atoms with E-state index < -0.39 is 0 Å². The van der Waals surface area contributed by atoms with Gasteiger partial charge in [-0.2, -0.15) is 0 Å². The summed E-state index contributed by atoms with van der Waals surface area (Å²) in [6.45, 7) is 2.17. The lowest BCUT2D eigenvalue weighted by molar-refractivity contribution is 0.103. The van der Waals surface area contributed by atoms with Crippen LogP contribution in [0.3, 0.4) is 0 Å². The van der Waals surface area contributed by atoms with Gasteiger partial charge in [-0.1, -0.05) is 37.6 Å². The van der Waals surface area contributed by atoms with Gasteiger partial charge in [-0.15, -0.1) is 0 Å². The zero-order valence-electron chi connectivity index (χ0n) is 12.6. The van der Waals surface area contributed by atoms with Gasteiger partial charge >= 0.3 is 0 Å². The summed E-state index contributed by atoms with van der Waals surface area (Å²) in [5.74, 6) is 0.556. The molecule has 2 aromatic carbocycles. The van der Waals surface area contributed by atoms with Crippen LogP contribution in [0.2, 0.25) is 0 Å². The van der Waals surface area contributed by atoms with Crippen molar-refractivity contribution in [2.45, 2.75) is 26.2 Å². The number of anilines is 1. The van der Waals surface area contributed by atoms with Crippen LogP contribution in [-0.4, -0.2) is 12.9 Å². The second-order valence-corrected chi connectivity index (χ2v) is 5.08. The summed E-state index contributed by atoms with van der Waals surface area (Å²) in [6, 6.07) is 12.9. The second-order valence-electron chi connectivity index (χ2n) is 5.08. The monoisotopic (exact) mass is 283 g/mol. The SMILES string of the molecule is CCCCc1ccc(C(=O)c2cc(OC)ccc2N)cc1. The highest BCUT2D eigenvalue weighted by molar-refractivity contribution is 6.12. The van der Waals surface area contributed by atoms with E-state index >= 15 is 0 Å². The van der Waals surface area contributed by atoms with Gasteiger partial charge < -0.3 is 10.5 Å². The number of rotatable bonds is 6. The Morgan fingerprint density at radius 1 is 1.14 bits per heavy atom. The fourth-order valence-electron chi connectivity index (χ4n) is 2.22. The van der Waals surface area contributed by atoms with Crippen molar-refractivity contribution in [1.29, 1.82) is 0 Å². The zero-order valence-corrected chi connectivity index (χ0v) is 12.6. The van der Waals surface area contributed by atoms with E-state index in [1.807, 2.05) is 24.3 Å². The molecule has 0 unspecified atom stereocenters. The number of benzene rings is 2. The van der Waals surface area contributed by atoms with Crippen molar-refractivity contribution in [2.75, 3.05) is 12.8 Å². The van der Waals surface area contributed by atoms with Crippen LogP contribution in [0.5, 0.6) is 5.75 Å². The van der Waals surface area contributed by atoms with Gasteiger partial charge in [0, 0.05) is 16.8 Å². The molecule has 3 heteroatoms. The standard InChI is InChI=1S/C18H21NO2/c1-3-4-5-13-6-8-14(9-7-13)18(20)16-12-15(21-2)10-11-17(16)19/h6-12H,3-5,19H2,1-2H3. The maximum Gasteiger partial charge on any atom is 0.195 e. The molecule has 2 N–H and O–H groups in total. The first kappa shape index (κ1) is 15.1. The number of aryl methyl sites for hydroxylation is 1. The van der Waals surface area contributed by atoms with E-state index in [1.54, 1.807) is 25.3 Å². The van der Waals surface area contributed by atoms with Gasteiger partial charge in [0.25, 0.3) is 0 Å². The Labute approximate surface area is 125 Å². The van der Waals surface area contributed by atoms with E-state index in [9.17, 15) is 4.79 Å². The van der Waals surface area contributed by atoms with Crippen molar-refractivity contribution in [2.24, 2.45) is 0 Å². The Morgan fingerprint density at radius 2 is 1.86 bits per heavy atom. The highest BCUT2D eigenvalue weighted by atomic mass is 16.5. The number of hydrogen-bond donors (Lipinski definition) is 1. The molecule has 0 bridgehead atoms. The lowest BCUT2D eigenvalue weighted by Crippen LogP contribution is -2.06. The van der Waals surface area contributed by atoms with Crippen molar-refractivity contribution in [3.63, 3.8) is 0 Å². The van der Waals surface area contributed by atoms with Crippen LogP contribution < -0.4 is 10.5 Å². The number of unbranched alkanes of at least 4 members (excludes halogenated alkanes) is 1. The smallest absolute Gasteiger partial charge is 0.195 e. The molecule has 3 nitrogen and oxygen atoms in total. The highest BCUT2D eigenvalue weighted by Crippen LogP contribution is 2.22. The van der Waals surface area contributed by atoms with Crippen molar-refractivity contribution in [1.82, 2.24) is 0 Å². The quantitative estimate of drug-likeness (QED) is 0.647. The summed E-state index contributed by atoms with van der Waals surface area (Å²) >= 11 is 0. The molecule has 0 radical (unpaired) electrons. The van der Waals surface area contributed by atoms with Crippen LogP contribution in [-0.2, 0) is 6.42 Å². The fourth-order valence-corrected chi connectivity index (χ4v) is 2.22. The van der Waals surface area contributed by atoms with Crippen LogP contribution in [0.1, 0.15) is 41.3 Å². The molecule has 0 aromatic heterocycles. The largest absolute Gasteiger partial charge is 0.497 e. The Kier molecular flexibility index (Phi) is 4.99. The minimum absolute atomic E-state index is 0.0755. The van der Waals surface area contributed by atoms with E-state index in [0.29, 0.717) is 22.6 Å². The predicted molar refractivity (Wildman–Crippen MR) is 85.9 cm³/mol. The average molecular weight is 283 g/mol. The van der Waals surface area contributed by atoms with E-state index in [1.165, 1.54) is 12.0 Å². The molecule has 2 rings (SSSR count). The van der Waals surface area contributed by atoms with Crippen LogP contribution in [0.4, 0.5) is 5.69 Å². The van der Waals surface area contributed by atoms with Crippen LogP contribution >= 0.6 is 0 Å². The average Bonchev–Trinajstić information content (AvgIpc) is 2.53. The summed E-state index contributed by atoms with van der Waals surface area (Å²) in [7, 11) is 1.57. The normalized spacial score (nSPS) is 10.4. The number of carbonyl (C=O) groups is 1. The number of ketones is 1. The maximum atomic E-state index is 12.5. The number of nitrogen functional groups attached to an aromatic ring is 1. The molecule has 0 spiro atoms. The summed E-state index contributed by atoms with van der Waals surface area (Å²) < 4.78 is 5.15. The minimum Gasteiger partial charge on any atom is -0.497 e. The Balaban J connectivity index is 2.23. The first-order valence-electron chi connectivity index (χ1n) is 7.23. The summed E-state index contributed by atoms with van der Waals surface area (Å²) in [5.41, 5.74) is 8.76. The molecular formula is C18H21NO2. The van der Waals surface area contributed by atoms with E-state index in [-0.39, 0.29) is 5.78 Å². The predicted octanol–water partition coefficient (Wildman–Crippen LogP) is 3.85. The van der Waals surface area contributed by atoms with Gasteiger partial charge in [0.15, 0.2) is 5.78 Å². The first-order valence-corrected chi connectivity index (χ1v) is 7.23. The number of methoxy groups -OCH3 is 1. The topological polar surface area (TPSA) is 52.3 Å². The number of carbonyl (C=O) groups excluding carboxylic acids is 1. The fraction of sp³-hybridized carbons (Fsp3) is 0.278. The van der Waals surface area contributed by atoms with Gasteiger partial charge in [0.2, 0.25) is 0 Å². The third-order valence-corrected chi connectivity index (χ3v) is 3.54. The van der Waals surface area contributed by atoms with Crippen LogP contribution in [0.25, 0.3) is 0 Å². The summed E-state index contributed by atoms with van der Waals surface area (Å²) in [6.07, 6.45) is 3.38. The molecule has 0 saturated carbocycles. The molecular weight excluding hydrogens is 262 g/mol. The molecule has 0 aliphatic carbocycles. The van der Waals surface area contributed by atoms with Gasteiger partial charge in [-0.25, -0.2) is 0 Å². The molecule has 0 heterocycles. The molecule has 0 saturated heterocycles. The van der Waals surface area contributed by atoms with Crippen molar-refractivity contribution in [3.8, 4) is 5.75 Å². The van der Waals surface area contributed by atoms with Crippen molar-refractivity contribution < 1.29 is 9.53 Å². The molecule has 0 atom stereocenters. The first-order chi connectivity index (χ1) is 10.2. The molecule has 0 aliphatic rings. The third kappa shape index (κ3) is 3.63. The van der Waals surface area contributed by atoms with E-state index in [0.717, 1.165) is 12.8 Å². The van der Waals surface area contributed by atoms with E-state index in [4.69, 9.17) is 10.5 Å². The van der Waals surface area contributed by atoms with Crippen molar-refractivity contribution >= 4 is 11.5 Å². The number of nitrogens with two attached hydrogens (primary N) is 1. The zero-order chi connectivity index (χ0) is 15.2. The highest BCUT2D eigenvalue weighted by Gasteiger charge is 2.13. The summed E-state index contributed by atoms with van der Waals surface area (Å²) in [4.78, 5) is 12.5. The van der Waals surface area contributed by atoms with Crippen molar-refractivity contribution in [3.05, 3.63) is 59.2 Å². The number of hydrogen-bond acceptors (Lipinski definition) is 3. The third-order valence-electron chi connectivity index (χ3n) is 3.54. The Morgan fingerprint density at radius 3 is 2.48 bits per heavy atom. The van der Waals surface area contributed by atoms with Crippen LogP contribution in [0, 0.1) is 0 Å². The van der Waals surface area contributed by atoms with Gasteiger partial charge in [0.1, 0.15) is 5.75 Å². The number of ether oxygens (including phenoxy) is 1. The molecule has 0 fully saturated rings. The minimum atomic E-state index is -0.0755. The molecule has 0 aliphatic heterocycles. The second kappa shape index (κ2) is 6.93. The van der Waals surface area contributed by atoms with E-state index in [2.05, 4.69) is 6.92 Å². The maximum absolute atomic E-state index is 12.5. The molecule has 0 amide bonds. The Hall–Kier alpha value is -2.29. The molecule has 2 aromatic rings. The van der Waals surface area contributed by atoms with Gasteiger partial charge in [-0.3, -0.25) is 4.79 Å². The van der Waals surface area contributed by atoms with Gasteiger partial charge in [-0.05, 0) is 36.6 Å². The molecule has 110 valence electrons. The Bertz CT molecular complexity index is 618. The van der Waals surface area contributed by atoms with Crippen LogP contribution in [0.15, 0.2) is 42.5 Å². The molecule has 21 heavy (non-hydrogen) atoms. The summed E-state index contributed by atoms with van der Waals surface area (Å²) in [5, 5.41) is 0.